The minimum atomic E-state index is 0.647. The van der Waals surface area contributed by atoms with Gasteiger partial charge in [0.15, 0.2) is 0 Å². The van der Waals surface area contributed by atoms with Crippen LogP contribution in [0.2, 0.25) is 0 Å². The molecule has 0 heteroatoms. The molecule has 0 aromatic carbocycles. The molecule has 0 saturated heterocycles. The summed E-state index contributed by atoms with van der Waals surface area (Å²) in [6.07, 6.45) is 11.2. The van der Waals surface area contributed by atoms with Crippen LogP contribution in [0.3, 0.4) is 0 Å². The van der Waals surface area contributed by atoms with Crippen LogP contribution in [0.15, 0.2) is 0 Å². The van der Waals surface area contributed by atoms with E-state index in [-0.39, 0.29) is 0 Å². The van der Waals surface area contributed by atoms with Crippen LogP contribution in [-0.4, -0.2) is 0 Å². The third-order valence-electron chi connectivity index (χ3n) is 3.21. The van der Waals surface area contributed by atoms with Crippen LogP contribution < -0.4 is 0 Å². The van der Waals surface area contributed by atoms with Crippen molar-refractivity contribution < 1.29 is 0 Å². The highest BCUT2D eigenvalue weighted by Gasteiger charge is 2.02. The monoisotopic (exact) mass is 197 g/mol. The van der Waals surface area contributed by atoms with Crippen molar-refractivity contribution in [3.8, 4) is 0 Å². The van der Waals surface area contributed by atoms with Crippen molar-refractivity contribution >= 4 is 0 Å². The molecule has 0 nitrogen and oxygen atoms in total. The maximum atomic E-state index is 4.01. The molecule has 0 rings (SSSR count). The van der Waals surface area contributed by atoms with Gasteiger partial charge in [0.05, 0.1) is 0 Å². The molecule has 0 amide bonds. The second-order valence-electron chi connectivity index (χ2n) is 4.78. The Morgan fingerprint density at radius 1 is 0.857 bits per heavy atom. The number of unbranched alkanes of at least 4 members (excludes halogenated alkanes) is 3. The Hall–Kier alpha value is 0. The Bertz CT molecular complexity index is 101. The smallest absolute Gasteiger partial charge is 0.0420 e. The fourth-order valence-corrected chi connectivity index (χ4v) is 1.98. The summed E-state index contributed by atoms with van der Waals surface area (Å²) < 4.78 is 0. The Morgan fingerprint density at radius 2 is 1.36 bits per heavy atom. The van der Waals surface area contributed by atoms with Gasteiger partial charge in [0.1, 0.15) is 0 Å². The fraction of sp³-hybridized carbons (Fsp3) is 0.929. The van der Waals surface area contributed by atoms with Gasteiger partial charge in [-0.3, -0.25) is 0 Å². The van der Waals surface area contributed by atoms with E-state index in [9.17, 15) is 0 Å². The summed E-state index contributed by atoms with van der Waals surface area (Å²) in [7, 11) is 0. The molecule has 0 aliphatic rings. The van der Waals surface area contributed by atoms with Gasteiger partial charge in [0.25, 0.3) is 0 Å². The maximum Gasteiger partial charge on any atom is -0.0420 e. The Balaban J connectivity index is 3.12. The van der Waals surface area contributed by atoms with Crippen LogP contribution in [0.1, 0.15) is 72.1 Å². The molecule has 1 atom stereocenters. The lowest BCUT2D eigenvalue weighted by Crippen LogP contribution is -1.96. The van der Waals surface area contributed by atoms with E-state index in [1.54, 1.807) is 0 Å². The summed E-state index contributed by atoms with van der Waals surface area (Å²) in [6.45, 7) is 10.9. The van der Waals surface area contributed by atoms with Crippen molar-refractivity contribution in [2.45, 2.75) is 72.1 Å². The first kappa shape index (κ1) is 14.0. The summed E-state index contributed by atoms with van der Waals surface area (Å²) in [4.78, 5) is 0. The van der Waals surface area contributed by atoms with E-state index in [2.05, 4.69) is 27.7 Å². The molecule has 1 unspecified atom stereocenters. The van der Waals surface area contributed by atoms with Gasteiger partial charge in [-0.1, -0.05) is 79.1 Å². The quantitative estimate of drug-likeness (QED) is 0.444. The first-order chi connectivity index (χ1) is 6.70. The summed E-state index contributed by atoms with van der Waals surface area (Å²) in [5.74, 6) is 1.63. The molecule has 0 aromatic heterocycles. The zero-order valence-electron chi connectivity index (χ0n) is 10.5. The van der Waals surface area contributed by atoms with Gasteiger partial charge in [0, 0.05) is 0 Å². The van der Waals surface area contributed by atoms with Gasteiger partial charge >= 0.3 is 0 Å². The molecular formula is C14H29. The van der Waals surface area contributed by atoms with Gasteiger partial charge in [-0.05, 0) is 11.8 Å². The summed E-state index contributed by atoms with van der Waals surface area (Å²) >= 11 is 0. The van der Waals surface area contributed by atoms with E-state index >= 15 is 0 Å². The second-order valence-corrected chi connectivity index (χ2v) is 4.78. The number of rotatable bonds is 9. The highest BCUT2D eigenvalue weighted by molar-refractivity contribution is 4.57. The molecule has 0 spiro atoms. The lowest BCUT2D eigenvalue weighted by Gasteiger charge is -2.11. The van der Waals surface area contributed by atoms with Crippen molar-refractivity contribution in [1.82, 2.24) is 0 Å². The molecule has 0 aliphatic heterocycles. The van der Waals surface area contributed by atoms with Gasteiger partial charge in [-0.15, -0.1) is 0 Å². The van der Waals surface area contributed by atoms with E-state index in [1.165, 1.54) is 51.4 Å². The van der Waals surface area contributed by atoms with E-state index in [0.717, 1.165) is 5.92 Å². The van der Waals surface area contributed by atoms with Crippen LogP contribution in [0, 0.1) is 18.8 Å². The predicted molar refractivity (Wildman–Crippen MR) is 66.3 cm³/mol. The maximum absolute atomic E-state index is 4.01. The third-order valence-corrected chi connectivity index (χ3v) is 3.21. The van der Waals surface area contributed by atoms with Gasteiger partial charge in [-0.2, -0.15) is 0 Å². The normalized spacial score (nSPS) is 11.6. The van der Waals surface area contributed by atoms with Crippen LogP contribution in [0.4, 0.5) is 0 Å². The molecule has 0 fully saturated rings. The van der Waals surface area contributed by atoms with Crippen molar-refractivity contribution in [2.24, 2.45) is 11.8 Å². The van der Waals surface area contributed by atoms with Crippen molar-refractivity contribution in [1.29, 1.82) is 0 Å². The molecule has 0 N–H and O–H groups in total. The molecule has 1 radical (unpaired) electrons. The topological polar surface area (TPSA) is 0 Å². The third kappa shape index (κ3) is 8.59. The lowest BCUT2D eigenvalue weighted by atomic mass is 9.95. The minimum absolute atomic E-state index is 0.647. The van der Waals surface area contributed by atoms with Gasteiger partial charge in [-0.25, -0.2) is 0 Å². The second kappa shape index (κ2) is 9.55. The molecule has 0 aliphatic carbocycles. The van der Waals surface area contributed by atoms with Crippen molar-refractivity contribution in [3.05, 3.63) is 6.92 Å². The predicted octanol–water partition coefficient (Wildman–Crippen LogP) is 5.23. The highest BCUT2D eigenvalue weighted by atomic mass is 14.1. The SMILES string of the molecule is [CH2]C(C)CCCCCCC(CC)CC. The fourth-order valence-electron chi connectivity index (χ4n) is 1.98. The number of hydrogen-bond donors (Lipinski definition) is 0. The standard InChI is InChI=1S/C14H29/c1-5-14(6-2)12-10-8-7-9-11-13(3)4/h13-14H,3,5-12H2,1-2,4H3. The van der Waals surface area contributed by atoms with Gasteiger partial charge < -0.3 is 0 Å². The molecular weight excluding hydrogens is 168 g/mol. The summed E-state index contributed by atoms with van der Waals surface area (Å²) in [6, 6.07) is 0. The Labute approximate surface area is 91.5 Å². The lowest BCUT2D eigenvalue weighted by molar-refractivity contribution is 0.424. The first-order valence-electron chi connectivity index (χ1n) is 6.53. The molecule has 14 heavy (non-hydrogen) atoms. The van der Waals surface area contributed by atoms with Crippen LogP contribution >= 0.6 is 0 Å². The number of hydrogen-bond acceptors (Lipinski definition) is 0. The van der Waals surface area contributed by atoms with Crippen LogP contribution in [0.25, 0.3) is 0 Å². The average Bonchev–Trinajstić information content (AvgIpc) is 2.16. The van der Waals surface area contributed by atoms with Gasteiger partial charge in [0.2, 0.25) is 0 Å². The molecule has 0 heterocycles. The molecule has 0 saturated carbocycles. The summed E-state index contributed by atoms with van der Waals surface area (Å²) in [5, 5.41) is 0. The highest BCUT2D eigenvalue weighted by Crippen LogP contribution is 2.17. The van der Waals surface area contributed by atoms with E-state index < -0.39 is 0 Å². The Kier molecular flexibility index (Phi) is 9.55. The van der Waals surface area contributed by atoms with Crippen LogP contribution in [-0.2, 0) is 0 Å². The zero-order chi connectivity index (χ0) is 10.8. The average molecular weight is 197 g/mol. The van der Waals surface area contributed by atoms with E-state index in [0.29, 0.717) is 5.92 Å². The van der Waals surface area contributed by atoms with E-state index in [4.69, 9.17) is 0 Å². The van der Waals surface area contributed by atoms with Crippen LogP contribution in [0.5, 0.6) is 0 Å². The zero-order valence-corrected chi connectivity index (χ0v) is 10.5. The van der Waals surface area contributed by atoms with Crippen molar-refractivity contribution in [2.75, 3.05) is 0 Å². The molecule has 0 aromatic rings. The largest absolute Gasteiger partial charge is 0.0651 e. The van der Waals surface area contributed by atoms with E-state index in [1.807, 2.05) is 0 Å². The first-order valence-corrected chi connectivity index (χ1v) is 6.53. The molecule has 85 valence electrons. The minimum Gasteiger partial charge on any atom is -0.0651 e. The van der Waals surface area contributed by atoms with Crippen molar-refractivity contribution in [3.63, 3.8) is 0 Å². The molecule has 0 bridgehead atoms. The Morgan fingerprint density at radius 3 is 1.79 bits per heavy atom. The summed E-state index contributed by atoms with van der Waals surface area (Å²) in [5.41, 5.74) is 0.